The fourth-order valence-electron chi connectivity index (χ4n) is 4.43. The lowest BCUT2D eigenvalue weighted by atomic mass is 9.75. The molecule has 0 spiro atoms. The van der Waals surface area contributed by atoms with Crippen molar-refractivity contribution in [1.82, 2.24) is 0 Å². The van der Waals surface area contributed by atoms with Crippen LogP contribution in [0.1, 0.15) is 91.4 Å². The molecule has 0 aliphatic heterocycles. The predicted octanol–water partition coefficient (Wildman–Crippen LogP) is 8.32. The smallest absolute Gasteiger partial charge is 0.0990 e. The molecule has 0 radical (unpaired) electrons. The van der Waals surface area contributed by atoms with Gasteiger partial charge in [0.25, 0.3) is 0 Å². The highest BCUT2D eigenvalue weighted by Gasteiger charge is 2.30. The quantitative estimate of drug-likeness (QED) is 0.187. The van der Waals surface area contributed by atoms with Crippen LogP contribution in [0.25, 0.3) is 0 Å². The van der Waals surface area contributed by atoms with E-state index in [1.807, 2.05) is 0 Å². The zero-order chi connectivity index (χ0) is 18.9. The largest absolute Gasteiger partial charge is 0.116 e. The first-order valence-corrected chi connectivity index (χ1v) is 11.5. The van der Waals surface area contributed by atoms with Gasteiger partial charge in [0.1, 0.15) is 5.92 Å². The first kappa shape index (κ1) is 21.4. The summed E-state index contributed by atoms with van der Waals surface area (Å²) in [5, 5.41) is 0. The lowest BCUT2D eigenvalue weighted by Crippen LogP contribution is -2.19. The van der Waals surface area contributed by atoms with Crippen molar-refractivity contribution in [2.24, 2.45) is 29.6 Å². The highest BCUT2D eigenvalue weighted by Crippen LogP contribution is 2.42. The average Bonchev–Trinajstić information content (AvgIpc) is 3.49. The van der Waals surface area contributed by atoms with Gasteiger partial charge in [-0.1, -0.05) is 76.8 Å². The second kappa shape index (κ2) is 11.1. The van der Waals surface area contributed by atoms with E-state index in [4.69, 9.17) is 0 Å². The first-order valence-electron chi connectivity index (χ1n) is 11.5. The molecular weight excluding hydrogens is 312 g/mol. The summed E-state index contributed by atoms with van der Waals surface area (Å²) in [5.41, 5.74) is 3.11. The fourth-order valence-corrected chi connectivity index (χ4v) is 4.43. The lowest BCUT2D eigenvalue weighted by Gasteiger charge is -2.30. The van der Waals surface area contributed by atoms with E-state index < -0.39 is 0 Å². The number of hydrogen-bond donors (Lipinski definition) is 0. The van der Waals surface area contributed by atoms with Crippen molar-refractivity contribution < 1.29 is 0 Å². The molecule has 1 fully saturated rings. The summed E-state index contributed by atoms with van der Waals surface area (Å²) in [5.74, 6) is 3.32. The molecule has 2 rings (SSSR count). The summed E-state index contributed by atoms with van der Waals surface area (Å²) in [4.78, 5) is 0. The van der Waals surface area contributed by atoms with Crippen molar-refractivity contribution in [3.63, 3.8) is 0 Å². The van der Waals surface area contributed by atoms with Gasteiger partial charge in [0.15, 0.2) is 0 Å². The monoisotopic (exact) mass is 355 g/mol. The first-order chi connectivity index (χ1) is 12.6. The molecule has 1 saturated carbocycles. The molecule has 0 N–H and O–H groups in total. The van der Waals surface area contributed by atoms with Crippen LogP contribution in [0.3, 0.4) is 0 Å². The number of hydrogen-bond acceptors (Lipinski definition) is 0. The molecule has 2 aliphatic carbocycles. The summed E-state index contributed by atoms with van der Waals surface area (Å²) in [7, 11) is 0. The van der Waals surface area contributed by atoms with Crippen LogP contribution in [0.2, 0.25) is 0 Å². The maximum Gasteiger partial charge on any atom is 0.116 e. The molecule has 4 atom stereocenters. The van der Waals surface area contributed by atoms with Crippen LogP contribution in [-0.4, -0.2) is 0 Å². The molecule has 2 aliphatic rings. The van der Waals surface area contributed by atoms with Crippen LogP contribution in [0.5, 0.6) is 0 Å². The van der Waals surface area contributed by atoms with Gasteiger partial charge in [-0.15, -0.1) is 0 Å². The molecular formula is C26H43+. The van der Waals surface area contributed by atoms with Crippen molar-refractivity contribution in [1.29, 1.82) is 0 Å². The van der Waals surface area contributed by atoms with Crippen LogP contribution < -0.4 is 0 Å². The van der Waals surface area contributed by atoms with Crippen LogP contribution in [0, 0.1) is 36.5 Å². The minimum absolute atomic E-state index is 0.489. The summed E-state index contributed by atoms with van der Waals surface area (Å²) in [6.07, 6.45) is 22.0. The van der Waals surface area contributed by atoms with Gasteiger partial charge in [-0.25, -0.2) is 0 Å². The maximum atomic E-state index is 4.58. The molecule has 146 valence electrons. The highest BCUT2D eigenvalue weighted by molar-refractivity contribution is 5.19. The van der Waals surface area contributed by atoms with Crippen LogP contribution in [0.4, 0.5) is 0 Å². The van der Waals surface area contributed by atoms with Crippen molar-refractivity contribution in [3.8, 4) is 0 Å². The Bertz CT molecular complexity index is 476. The number of unbranched alkanes of at least 4 members (excludes halogenated alkanes) is 2. The van der Waals surface area contributed by atoms with Gasteiger partial charge in [-0.2, -0.15) is 0 Å². The van der Waals surface area contributed by atoms with Gasteiger partial charge in [0, 0.05) is 0 Å². The van der Waals surface area contributed by atoms with E-state index in [1.54, 1.807) is 5.57 Å². The Kier molecular flexibility index (Phi) is 9.09. The fraction of sp³-hybridized carbons (Fsp3) is 0.731. The predicted molar refractivity (Wildman–Crippen MR) is 117 cm³/mol. The van der Waals surface area contributed by atoms with E-state index >= 15 is 0 Å². The lowest BCUT2D eigenvalue weighted by molar-refractivity contribution is 0.397. The molecule has 0 nitrogen and oxygen atoms in total. The third kappa shape index (κ3) is 6.67. The van der Waals surface area contributed by atoms with E-state index in [0.29, 0.717) is 23.7 Å². The Labute approximate surface area is 164 Å². The minimum atomic E-state index is 0.489. The molecule has 0 aromatic heterocycles. The van der Waals surface area contributed by atoms with Crippen molar-refractivity contribution in [2.75, 3.05) is 0 Å². The van der Waals surface area contributed by atoms with Crippen LogP contribution in [0.15, 0.2) is 36.0 Å². The molecule has 0 amide bonds. The minimum Gasteiger partial charge on any atom is -0.0990 e. The van der Waals surface area contributed by atoms with Gasteiger partial charge < -0.3 is 0 Å². The van der Waals surface area contributed by atoms with E-state index in [1.165, 1.54) is 69.8 Å². The third-order valence-corrected chi connectivity index (χ3v) is 6.77. The Morgan fingerprint density at radius 3 is 2.58 bits per heavy atom. The Balaban J connectivity index is 2.12. The standard InChI is InChI=1S/C26H43/c1-6-8-10-15-25(20(3)7-2)19-26(18-23-16-17-23)22(5)21(4)24-13-11-9-12-14-24/h11,13,19-20,22-24,26H,3-4,6-10,12,14-18H2,1-2,5H3/q+1/b25-19+. The zero-order valence-electron chi connectivity index (χ0n) is 17.8. The third-order valence-electron chi connectivity index (χ3n) is 6.77. The summed E-state index contributed by atoms with van der Waals surface area (Å²) < 4.78 is 0. The summed E-state index contributed by atoms with van der Waals surface area (Å²) in [6.45, 7) is 16.1. The maximum absolute atomic E-state index is 4.58. The van der Waals surface area contributed by atoms with Crippen LogP contribution in [-0.2, 0) is 0 Å². The molecule has 0 aromatic carbocycles. The van der Waals surface area contributed by atoms with E-state index in [9.17, 15) is 0 Å². The van der Waals surface area contributed by atoms with E-state index in [2.05, 4.69) is 52.5 Å². The normalized spacial score (nSPS) is 24.3. The topological polar surface area (TPSA) is 0 Å². The van der Waals surface area contributed by atoms with Gasteiger partial charge >= 0.3 is 0 Å². The zero-order valence-corrected chi connectivity index (χ0v) is 17.8. The molecule has 0 heterocycles. The van der Waals surface area contributed by atoms with Gasteiger partial charge in [0.05, 0.1) is 6.92 Å². The number of allylic oxidation sites excluding steroid dienone is 5. The van der Waals surface area contributed by atoms with Gasteiger partial charge in [-0.05, 0) is 74.2 Å². The Morgan fingerprint density at radius 1 is 1.23 bits per heavy atom. The van der Waals surface area contributed by atoms with Crippen molar-refractivity contribution in [2.45, 2.75) is 91.4 Å². The van der Waals surface area contributed by atoms with E-state index in [0.717, 1.165) is 12.3 Å². The summed E-state index contributed by atoms with van der Waals surface area (Å²) >= 11 is 0. The Morgan fingerprint density at radius 2 is 2.00 bits per heavy atom. The molecule has 26 heavy (non-hydrogen) atoms. The molecule has 0 bridgehead atoms. The molecule has 0 heteroatoms. The average molecular weight is 356 g/mol. The second-order valence-corrected chi connectivity index (χ2v) is 8.98. The molecule has 0 aromatic rings. The second-order valence-electron chi connectivity index (χ2n) is 8.98. The van der Waals surface area contributed by atoms with Gasteiger partial charge in [0.2, 0.25) is 0 Å². The number of rotatable bonds is 12. The van der Waals surface area contributed by atoms with Gasteiger partial charge in [-0.3, -0.25) is 0 Å². The SMILES string of the molecule is C=C(C1C=CCCC1)C(C)C(/C=C(\CCCCC)C([CH2+])CC)CC1CC1. The molecule has 4 unspecified atom stereocenters. The van der Waals surface area contributed by atoms with E-state index in [-0.39, 0.29) is 0 Å². The highest BCUT2D eigenvalue weighted by atomic mass is 14.4. The summed E-state index contributed by atoms with van der Waals surface area (Å²) in [6, 6.07) is 0. The Hall–Kier alpha value is -0.910. The van der Waals surface area contributed by atoms with Crippen molar-refractivity contribution >= 4 is 0 Å². The molecule has 0 saturated heterocycles. The van der Waals surface area contributed by atoms with Crippen LogP contribution >= 0.6 is 0 Å². The van der Waals surface area contributed by atoms with Crippen molar-refractivity contribution in [3.05, 3.63) is 42.9 Å².